The molecule has 0 bridgehead atoms. The molecule has 0 amide bonds. The molecule has 1 aromatic carbocycles. The number of benzene rings is 1. The van der Waals surface area contributed by atoms with Gasteiger partial charge >= 0.3 is 0 Å². The van der Waals surface area contributed by atoms with Crippen LogP contribution in [0.1, 0.15) is 32.6 Å². The molecule has 2 rings (SSSR count). The van der Waals surface area contributed by atoms with E-state index in [1.54, 1.807) is 24.3 Å². The van der Waals surface area contributed by atoms with Crippen LogP contribution in [-0.2, 0) is 0 Å². The van der Waals surface area contributed by atoms with Gasteiger partial charge in [0.1, 0.15) is 5.75 Å². The number of rotatable bonds is 3. The van der Waals surface area contributed by atoms with Gasteiger partial charge in [-0.2, -0.15) is 4.98 Å². The molecule has 90 valence electrons. The lowest BCUT2D eigenvalue weighted by Gasteiger charge is -2.08. The lowest BCUT2D eigenvalue weighted by atomic mass is 9.98. The molecule has 1 atom stereocenters. The highest BCUT2D eigenvalue weighted by Gasteiger charge is 2.17. The third kappa shape index (κ3) is 2.46. The van der Waals surface area contributed by atoms with E-state index in [0.717, 1.165) is 5.56 Å². The van der Waals surface area contributed by atoms with E-state index in [1.807, 2.05) is 0 Å². The first-order valence-corrected chi connectivity index (χ1v) is 5.71. The predicted octanol–water partition coefficient (Wildman–Crippen LogP) is 3.20. The van der Waals surface area contributed by atoms with Crippen molar-refractivity contribution in [2.24, 2.45) is 5.92 Å². The molecule has 0 radical (unpaired) electrons. The molecule has 0 saturated heterocycles. The number of aromatic nitrogens is 2. The van der Waals surface area contributed by atoms with Gasteiger partial charge in [0.05, 0.1) is 0 Å². The van der Waals surface area contributed by atoms with E-state index in [4.69, 9.17) is 4.52 Å². The molecule has 2 aromatic rings. The SMILES string of the molecule is CC(C)C(C)c1nc(-c2ccc(O)cc2)no1. The zero-order valence-electron chi connectivity index (χ0n) is 10.2. The largest absolute Gasteiger partial charge is 0.508 e. The average molecular weight is 232 g/mol. The summed E-state index contributed by atoms with van der Waals surface area (Å²) in [6.45, 7) is 6.31. The summed E-state index contributed by atoms with van der Waals surface area (Å²) in [5.41, 5.74) is 0.841. The molecule has 0 aliphatic carbocycles. The van der Waals surface area contributed by atoms with Crippen molar-refractivity contribution < 1.29 is 9.63 Å². The summed E-state index contributed by atoms with van der Waals surface area (Å²) in [7, 11) is 0. The summed E-state index contributed by atoms with van der Waals surface area (Å²) in [5.74, 6) is 2.15. The molecule has 4 nitrogen and oxygen atoms in total. The summed E-state index contributed by atoms with van der Waals surface area (Å²) >= 11 is 0. The summed E-state index contributed by atoms with van der Waals surface area (Å²) in [4.78, 5) is 4.37. The van der Waals surface area contributed by atoms with Crippen molar-refractivity contribution in [1.29, 1.82) is 0 Å². The van der Waals surface area contributed by atoms with Crippen molar-refractivity contribution in [3.8, 4) is 17.1 Å². The van der Waals surface area contributed by atoms with E-state index >= 15 is 0 Å². The lowest BCUT2D eigenvalue weighted by Crippen LogP contribution is -2.02. The molecule has 0 aliphatic rings. The molecule has 1 aromatic heterocycles. The number of phenols is 1. The quantitative estimate of drug-likeness (QED) is 0.882. The minimum Gasteiger partial charge on any atom is -0.508 e. The topological polar surface area (TPSA) is 59.2 Å². The fraction of sp³-hybridized carbons (Fsp3) is 0.385. The lowest BCUT2D eigenvalue weighted by molar-refractivity contribution is 0.332. The first-order valence-electron chi connectivity index (χ1n) is 5.71. The van der Waals surface area contributed by atoms with Crippen molar-refractivity contribution in [3.63, 3.8) is 0 Å². The highest BCUT2D eigenvalue weighted by molar-refractivity contribution is 5.55. The number of phenolic OH excluding ortho intramolecular Hbond substituents is 1. The van der Waals surface area contributed by atoms with Gasteiger partial charge < -0.3 is 9.63 Å². The summed E-state index contributed by atoms with van der Waals surface area (Å²) in [6, 6.07) is 6.75. The molecule has 0 saturated carbocycles. The zero-order chi connectivity index (χ0) is 12.4. The maximum Gasteiger partial charge on any atom is 0.230 e. The monoisotopic (exact) mass is 232 g/mol. The minimum absolute atomic E-state index is 0.230. The second-order valence-electron chi connectivity index (χ2n) is 4.54. The van der Waals surface area contributed by atoms with Gasteiger partial charge in [0.15, 0.2) is 0 Å². The van der Waals surface area contributed by atoms with Crippen LogP contribution in [0.15, 0.2) is 28.8 Å². The van der Waals surface area contributed by atoms with Crippen LogP contribution in [0, 0.1) is 5.92 Å². The number of hydrogen-bond donors (Lipinski definition) is 1. The highest BCUT2D eigenvalue weighted by Crippen LogP contribution is 2.25. The van der Waals surface area contributed by atoms with Crippen molar-refractivity contribution in [1.82, 2.24) is 10.1 Å². The minimum atomic E-state index is 0.230. The van der Waals surface area contributed by atoms with Crippen LogP contribution >= 0.6 is 0 Å². The number of aromatic hydroxyl groups is 1. The molecule has 0 spiro atoms. The van der Waals surface area contributed by atoms with Crippen molar-refractivity contribution in [3.05, 3.63) is 30.2 Å². The van der Waals surface area contributed by atoms with Crippen molar-refractivity contribution in [2.45, 2.75) is 26.7 Å². The van der Waals surface area contributed by atoms with Crippen LogP contribution in [0.3, 0.4) is 0 Å². The molecular weight excluding hydrogens is 216 g/mol. The van der Waals surface area contributed by atoms with Gasteiger partial charge in [-0.1, -0.05) is 25.9 Å². The summed E-state index contributed by atoms with van der Waals surface area (Å²) in [6.07, 6.45) is 0. The van der Waals surface area contributed by atoms with E-state index < -0.39 is 0 Å². The van der Waals surface area contributed by atoms with E-state index in [2.05, 4.69) is 30.9 Å². The van der Waals surface area contributed by atoms with Gasteiger partial charge in [0, 0.05) is 11.5 Å². The normalized spacial score (nSPS) is 12.9. The molecular formula is C13H16N2O2. The first kappa shape index (κ1) is 11.6. The standard InChI is InChI=1S/C13H16N2O2/c1-8(2)9(3)13-14-12(15-17-13)10-4-6-11(16)7-5-10/h4-9,16H,1-3H3. The maximum absolute atomic E-state index is 9.21. The van der Waals surface area contributed by atoms with Gasteiger partial charge in [-0.05, 0) is 30.2 Å². The molecule has 0 aliphatic heterocycles. The second kappa shape index (κ2) is 4.57. The average Bonchev–Trinajstić information content (AvgIpc) is 2.78. The molecule has 0 fully saturated rings. The Morgan fingerprint density at radius 2 is 1.76 bits per heavy atom. The molecule has 4 heteroatoms. The van der Waals surface area contributed by atoms with Gasteiger partial charge in [-0.25, -0.2) is 0 Å². The Kier molecular flexibility index (Phi) is 3.13. The van der Waals surface area contributed by atoms with Crippen LogP contribution in [0.2, 0.25) is 0 Å². The van der Waals surface area contributed by atoms with Crippen LogP contribution in [0.5, 0.6) is 5.75 Å². The predicted molar refractivity (Wildman–Crippen MR) is 64.7 cm³/mol. The Morgan fingerprint density at radius 3 is 2.35 bits per heavy atom. The zero-order valence-corrected chi connectivity index (χ0v) is 10.2. The van der Waals surface area contributed by atoms with E-state index in [9.17, 15) is 5.11 Å². The second-order valence-corrected chi connectivity index (χ2v) is 4.54. The Bertz CT molecular complexity index is 488. The van der Waals surface area contributed by atoms with Gasteiger partial charge in [0.25, 0.3) is 0 Å². The third-order valence-electron chi connectivity index (χ3n) is 2.96. The van der Waals surface area contributed by atoms with Crippen LogP contribution in [-0.4, -0.2) is 15.2 Å². The molecule has 17 heavy (non-hydrogen) atoms. The van der Waals surface area contributed by atoms with Crippen LogP contribution in [0.4, 0.5) is 0 Å². The fourth-order valence-corrected chi connectivity index (χ4v) is 1.43. The van der Waals surface area contributed by atoms with Crippen LogP contribution < -0.4 is 0 Å². The van der Waals surface area contributed by atoms with Crippen molar-refractivity contribution >= 4 is 0 Å². The van der Waals surface area contributed by atoms with Gasteiger partial charge in [0.2, 0.25) is 11.7 Å². The van der Waals surface area contributed by atoms with Gasteiger partial charge in [-0.15, -0.1) is 0 Å². The highest BCUT2D eigenvalue weighted by atomic mass is 16.5. The molecule has 1 heterocycles. The Balaban J connectivity index is 2.26. The summed E-state index contributed by atoms with van der Waals surface area (Å²) < 4.78 is 5.25. The Morgan fingerprint density at radius 1 is 1.12 bits per heavy atom. The fourth-order valence-electron chi connectivity index (χ4n) is 1.43. The molecule has 1 N–H and O–H groups in total. The number of nitrogens with zero attached hydrogens (tertiary/aromatic N) is 2. The first-order chi connectivity index (χ1) is 8.08. The third-order valence-corrected chi connectivity index (χ3v) is 2.96. The number of hydrogen-bond acceptors (Lipinski definition) is 4. The van der Waals surface area contributed by atoms with E-state index in [0.29, 0.717) is 17.6 Å². The van der Waals surface area contributed by atoms with Crippen LogP contribution in [0.25, 0.3) is 11.4 Å². The smallest absolute Gasteiger partial charge is 0.230 e. The Hall–Kier alpha value is -1.84. The van der Waals surface area contributed by atoms with Gasteiger partial charge in [-0.3, -0.25) is 0 Å². The van der Waals surface area contributed by atoms with E-state index in [-0.39, 0.29) is 11.7 Å². The van der Waals surface area contributed by atoms with E-state index in [1.165, 1.54) is 0 Å². The van der Waals surface area contributed by atoms with Crippen molar-refractivity contribution in [2.75, 3.05) is 0 Å². The molecule has 1 unspecified atom stereocenters. The summed E-state index contributed by atoms with van der Waals surface area (Å²) in [5, 5.41) is 13.2. The maximum atomic E-state index is 9.21. The Labute approximate surface area is 100 Å².